The van der Waals surface area contributed by atoms with Crippen LogP contribution in [0.25, 0.3) is 11.0 Å². The molecule has 1 N–H and O–H groups in total. The van der Waals surface area contributed by atoms with Crippen LogP contribution in [0.15, 0.2) is 67.1 Å². The molecule has 2 aliphatic heterocycles. The van der Waals surface area contributed by atoms with E-state index in [4.69, 9.17) is 11.6 Å². The van der Waals surface area contributed by atoms with E-state index in [0.717, 1.165) is 24.1 Å². The van der Waals surface area contributed by atoms with E-state index in [1.54, 1.807) is 35.5 Å². The van der Waals surface area contributed by atoms with Gasteiger partial charge in [0, 0.05) is 62.4 Å². The van der Waals surface area contributed by atoms with Crippen LogP contribution in [0.2, 0.25) is 5.02 Å². The summed E-state index contributed by atoms with van der Waals surface area (Å²) < 4.78 is 1.92. The lowest BCUT2D eigenvalue weighted by Crippen LogP contribution is -2.50. The molecule has 9 nitrogen and oxygen atoms in total. The number of aromatic nitrogens is 3. The zero-order valence-corrected chi connectivity index (χ0v) is 22.8. The van der Waals surface area contributed by atoms with Gasteiger partial charge in [0.1, 0.15) is 11.6 Å². The molecule has 0 saturated carbocycles. The average molecular weight is 557 g/mol. The Morgan fingerprint density at radius 2 is 1.85 bits per heavy atom. The molecule has 0 unspecified atom stereocenters. The second-order valence-electron chi connectivity index (χ2n) is 10.4. The minimum atomic E-state index is -0.727. The number of nitrogens with one attached hydrogen (secondary N) is 1. The van der Waals surface area contributed by atoms with E-state index in [0.29, 0.717) is 53.4 Å². The number of benzene rings is 1. The standard InChI is InChI=1S/C30H29ClN6O3/c1-35-18-23(27-25(35)6-4-12-33-27)29(39)36-13-9-19(10-14-36)17-37-26(16-21-5-2-3-11-32-21)28(38)34-24-15-20(31)7-8-22(24)30(37)40/h2-8,11-12,15,18-19,26H,9-10,13-14,16-17H2,1H3,(H,34,38)/t26-/m1/s1. The predicted octanol–water partition coefficient (Wildman–Crippen LogP) is 4.18. The topological polar surface area (TPSA) is 100 Å². The van der Waals surface area contributed by atoms with Gasteiger partial charge in [0.05, 0.1) is 22.3 Å². The zero-order valence-electron chi connectivity index (χ0n) is 22.1. The van der Waals surface area contributed by atoms with Crippen LogP contribution in [0.1, 0.15) is 39.3 Å². The molecule has 0 spiro atoms. The second kappa shape index (κ2) is 10.7. The molecule has 1 atom stereocenters. The average Bonchev–Trinajstić information content (AvgIpc) is 3.27. The van der Waals surface area contributed by atoms with Gasteiger partial charge in [-0.05, 0) is 61.2 Å². The molecule has 0 aliphatic carbocycles. The molecule has 1 aromatic carbocycles. The lowest BCUT2D eigenvalue weighted by Gasteiger charge is -2.36. The van der Waals surface area contributed by atoms with E-state index in [1.807, 2.05) is 53.0 Å². The van der Waals surface area contributed by atoms with Crippen molar-refractivity contribution in [2.45, 2.75) is 25.3 Å². The molecule has 10 heteroatoms. The Balaban J connectivity index is 1.21. The summed E-state index contributed by atoms with van der Waals surface area (Å²) in [6.07, 6.45) is 6.96. The fourth-order valence-corrected chi connectivity index (χ4v) is 5.90. The Labute approximate surface area is 236 Å². The highest BCUT2D eigenvalue weighted by molar-refractivity contribution is 6.31. The van der Waals surface area contributed by atoms with Gasteiger partial charge in [0.25, 0.3) is 11.8 Å². The molecule has 5 heterocycles. The predicted molar refractivity (Wildman–Crippen MR) is 152 cm³/mol. The van der Waals surface area contributed by atoms with Crippen LogP contribution < -0.4 is 5.32 Å². The van der Waals surface area contributed by atoms with Gasteiger partial charge >= 0.3 is 0 Å². The highest BCUT2D eigenvalue weighted by Crippen LogP contribution is 2.30. The Hall–Kier alpha value is -4.24. The zero-order chi connectivity index (χ0) is 27.8. The Morgan fingerprint density at radius 3 is 2.62 bits per heavy atom. The minimum absolute atomic E-state index is 0.0354. The molecule has 3 amide bonds. The first-order chi connectivity index (χ1) is 19.4. The van der Waals surface area contributed by atoms with Gasteiger partial charge in [-0.3, -0.25) is 24.4 Å². The van der Waals surface area contributed by atoms with E-state index >= 15 is 0 Å². The van der Waals surface area contributed by atoms with Crippen molar-refractivity contribution in [2.24, 2.45) is 13.0 Å². The number of rotatable bonds is 5. The van der Waals surface area contributed by atoms with Crippen molar-refractivity contribution in [2.75, 3.05) is 25.0 Å². The molecular weight excluding hydrogens is 528 g/mol. The molecule has 204 valence electrons. The number of fused-ring (bicyclic) bond motifs is 2. The third-order valence-electron chi connectivity index (χ3n) is 7.87. The number of halogens is 1. The molecule has 1 fully saturated rings. The highest BCUT2D eigenvalue weighted by atomic mass is 35.5. The van der Waals surface area contributed by atoms with Gasteiger partial charge in [-0.1, -0.05) is 17.7 Å². The van der Waals surface area contributed by atoms with Gasteiger partial charge in [0.2, 0.25) is 5.91 Å². The molecule has 2 aliphatic rings. The summed E-state index contributed by atoms with van der Waals surface area (Å²) in [5, 5.41) is 3.36. The van der Waals surface area contributed by atoms with Gasteiger partial charge in [-0.2, -0.15) is 0 Å². The monoisotopic (exact) mass is 556 g/mol. The van der Waals surface area contributed by atoms with Crippen LogP contribution in [0.3, 0.4) is 0 Å². The van der Waals surface area contributed by atoms with Crippen molar-refractivity contribution < 1.29 is 14.4 Å². The summed E-state index contributed by atoms with van der Waals surface area (Å²) in [6.45, 7) is 1.54. The van der Waals surface area contributed by atoms with E-state index in [1.165, 1.54) is 0 Å². The third-order valence-corrected chi connectivity index (χ3v) is 8.10. The van der Waals surface area contributed by atoms with Gasteiger partial charge < -0.3 is 19.7 Å². The quantitative estimate of drug-likeness (QED) is 0.397. The SMILES string of the molecule is Cn1cc(C(=O)N2CCC(CN3C(=O)c4ccc(Cl)cc4NC(=O)[C@H]3Cc3ccccn3)CC2)c2ncccc21. The summed E-state index contributed by atoms with van der Waals surface area (Å²) in [5.41, 5.74) is 3.78. The van der Waals surface area contributed by atoms with Crippen LogP contribution >= 0.6 is 11.6 Å². The second-order valence-corrected chi connectivity index (χ2v) is 10.9. The third kappa shape index (κ3) is 4.93. The van der Waals surface area contributed by atoms with E-state index in [-0.39, 0.29) is 23.6 Å². The van der Waals surface area contributed by atoms with Crippen molar-refractivity contribution in [3.8, 4) is 0 Å². The van der Waals surface area contributed by atoms with Crippen LogP contribution in [0, 0.1) is 5.92 Å². The van der Waals surface area contributed by atoms with E-state index < -0.39 is 6.04 Å². The van der Waals surface area contributed by atoms with Crippen molar-refractivity contribution in [1.82, 2.24) is 24.3 Å². The summed E-state index contributed by atoms with van der Waals surface area (Å²) >= 11 is 6.18. The molecular formula is C30H29ClN6O3. The fraction of sp³-hybridized carbons (Fsp3) is 0.300. The Morgan fingerprint density at radius 1 is 1.05 bits per heavy atom. The molecule has 4 aromatic rings. The number of amides is 3. The largest absolute Gasteiger partial charge is 0.348 e. The molecule has 0 radical (unpaired) electrons. The lowest BCUT2D eigenvalue weighted by molar-refractivity contribution is -0.120. The van der Waals surface area contributed by atoms with Gasteiger partial charge in [0.15, 0.2) is 0 Å². The summed E-state index contributed by atoms with van der Waals surface area (Å²) in [7, 11) is 1.91. The fourth-order valence-electron chi connectivity index (χ4n) is 5.73. The minimum Gasteiger partial charge on any atom is -0.348 e. The highest BCUT2D eigenvalue weighted by Gasteiger charge is 2.38. The number of likely N-dealkylation sites (tertiary alicyclic amines) is 1. The van der Waals surface area contributed by atoms with Crippen LogP contribution in [-0.2, 0) is 18.3 Å². The molecule has 3 aromatic heterocycles. The summed E-state index contributed by atoms with van der Waals surface area (Å²) in [6, 6.07) is 13.6. The lowest BCUT2D eigenvalue weighted by atomic mass is 9.94. The summed E-state index contributed by atoms with van der Waals surface area (Å²) in [4.78, 5) is 53.1. The Kier molecular flexibility index (Phi) is 6.98. The number of carbonyl (C=O) groups is 3. The molecule has 0 bridgehead atoms. The first kappa shape index (κ1) is 26.0. The smallest absolute Gasteiger partial charge is 0.257 e. The number of aryl methyl sites for hydroxylation is 1. The number of hydrogen-bond acceptors (Lipinski definition) is 5. The number of hydrogen-bond donors (Lipinski definition) is 1. The van der Waals surface area contributed by atoms with E-state index in [2.05, 4.69) is 15.3 Å². The number of nitrogens with zero attached hydrogens (tertiary/aromatic N) is 5. The van der Waals surface area contributed by atoms with Crippen molar-refractivity contribution in [1.29, 1.82) is 0 Å². The van der Waals surface area contributed by atoms with E-state index in [9.17, 15) is 14.4 Å². The van der Waals surface area contributed by atoms with Crippen LogP contribution in [0.5, 0.6) is 0 Å². The van der Waals surface area contributed by atoms with Crippen molar-refractivity contribution in [3.05, 3.63) is 89.0 Å². The van der Waals surface area contributed by atoms with Gasteiger partial charge in [-0.25, -0.2) is 0 Å². The van der Waals surface area contributed by atoms with Crippen LogP contribution in [0.4, 0.5) is 5.69 Å². The normalized spacial score (nSPS) is 18.0. The first-order valence-corrected chi connectivity index (χ1v) is 13.8. The van der Waals surface area contributed by atoms with Crippen molar-refractivity contribution in [3.63, 3.8) is 0 Å². The number of anilines is 1. The Bertz CT molecular complexity index is 1600. The summed E-state index contributed by atoms with van der Waals surface area (Å²) in [5.74, 6) is -0.388. The molecule has 6 rings (SSSR count). The number of pyridine rings is 2. The molecule has 40 heavy (non-hydrogen) atoms. The maximum Gasteiger partial charge on any atom is 0.257 e. The van der Waals surface area contributed by atoms with Crippen LogP contribution in [-0.4, -0.2) is 67.7 Å². The molecule has 1 saturated heterocycles. The van der Waals surface area contributed by atoms with Crippen molar-refractivity contribution >= 4 is 46.0 Å². The maximum atomic E-state index is 13.8. The maximum absolute atomic E-state index is 13.8. The first-order valence-electron chi connectivity index (χ1n) is 13.4. The number of piperidine rings is 1. The number of carbonyl (C=O) groups excluding carboxylic acids is 3. The van der Waals surface area contributed by atoms with Gasteiger partial charge in [-0.15, -0.1) is 0 Å².